The molecule has 2 fully saturated rings. The van der Waals surface area contributed by atoms with Crippen molar-refractivity contribution in [1.29, 1.82) is 0 Å². The van der Waals surface area contributed by atoms with E-state index in [1.807, 2.05) is 29.2 Å². The van der Waals surface area contributed by atoms with Crippen LogP contribution in [0.15, 0.2) is 24.3 Å². The van der Waals surface area contributed by atoms with E-state index in [4.69, 9.17) is 4.74 Å². The summed E-state index contributed by atoms with van der Waals surface area (Å²) in [5, 5.41) is 9.61. The summed E-state index contributed by atoms with van der Waals surface area (Å²) >= 11 is 0. The largest absolute Gasteiger partial charge is 0.494 e. The Morgan fingerprint density at radius 3 is 2.33 bits per heavy atom. The van der Waals surface area contributed by atoms with E-state index < -0.39 is 11.9 Å². The maximum Gasteiger partial charge on any atom is 0.307 e. The first kappa shape index (κ1) is 19.7. The molecule has 1 heterocycles. The van der Waals surface area contributed by atoms with Crippen LogP contribution in [-0.2, 0) is 16.0 Å². The molecular weight excluding hydrogens is 342 g/mol. The third-order valence-electron chi connectivity index (χ3n) is 5.98. The van der Waals surface area contributed by atoms with E-state index in [9.17, 15) is 14.7 Å². The van der Waals surface area contributed by atoms with Gasteiger partial charge in [0.1, 0.15) is 5.75 Å². The Bertz CT molecular complexity index is 628. The molecular formula is C22H31NO4. The standard InChI is InChI=1S/C22H31NO4/c1-2-11-27-20-9-7-16(8-10-20)12-19(22(25)26)13-21(24)23-14-17-5-3-4-6-18(17)15-23/h7-10,17-19H,2-6,11-15H2,1H3,(H,25,26)/t17-,18+,19?. The molecule has 0 radical (unpaired) electrons. The van der Waals surface area contributed by atoms with Crippen molar-refractivity contribution >= 4 is 11.9 Å². The minimum Gasteiger partial charge on any atom is -0.494 e. The average molecular weight is 373 g/mol. The van der Waals surface area contributed by atoms with Crippen LogP contribution in [0.4, 0.5) is 0 Å². The molecule has 1 saturated heterocycles. The fourth-order valence-corrected chi connectivity index (χ4v) is 4.42. The Labute approximate surface area is 161 Å². The highest BCUT2D eigenvalue weighted by Gasteiger charge is 2.37. The van der Waals surface area contributed by atoms with Gasteiger partial charge < -0.3 is 14.7 Å². The van der Waals surface area contributed by atoms with Gasteiger partial charge in [-0.1, -0.05) is 31.9 Å². The summed E-state index contributed by atoms with van der Waals surface area (Å²) in [6.07, 6.45) is 6.35. The molecule has 3 atom stereocenters. The molecule has 1 N–H and O–H groups in total. The zero-order valence-corrected chi connectivity index (χ0v) is 16.2. The topological polar surface area (TPSA) is 66.8 Å². The number of carboxylic acid groups (broad SMARTS) is 1. The molecule has 1 aromatic carbocycles. The lowest BCUT2D eigenvalue weighted by molar-refractivity contribution is -0.145. The Kier molecular flexibility index (Phi) is 6.75. The zero-order chi connectivity index (χ0) is 19.2. The molecule has 1 aliphatic heterocycles. The van der Waals surface area contributed by atoms with Gasteiger partial charge in [-0.15, -0.1) is 0 Å². The quantitative estimate of drug-likeness (QED) is 0.753. The van der Waals surface area contributed by atoms with E-state index in [1.165, 1.54) is 25.7 Å². The number of benzene rings is 1. The van der Waals surface area contributed by atoms with Crippen molar-refractivity contribution in [1.82, 2.24) is 4.90 Å². The van der Waals surface area contributed by atoms with Gasteiger partial charge in [0.15, 0.2) is 0 Å². The van der Waals surface area contributed by atoms with E-state index in [0.717, 1.165) is 30.8 Å². The van der Waals surface area contributed by atoms with Gasteiger partial charge in [-0.3, -0.25) is 9.59 Å². The van der Waals surface area contributed by atoms with Crippen LogP contribution in [0, 0.1) is 17.8 Å². The number of carboxylic acids is 1. The first-order chi connectivity index (χ1) is 13.1. The molecule has 1 unspecified atom stereocenters. The number of rotatable bonds is 8. The van der Waals surface area contributed by atoms with Crippen molar-refractivity contribution in [3.8, 4) is 5.75 Å². The fourth-order valence-electron chi connectivity index (χ4n) is 4.42. The number of hydrogen-bond donors (Lipinski definition) is 1. The van der Waals surface area contributed by atoms with E-state index in [0.29, 0.717) is 24.9 Å². The molecule has 2 aliphatic rings. The maximum atomic E-state index is 12.7. The van der Waals surface area contributed by atoms with Crippen LogP contribution in [0.2, 0.25) is 0 Å². The second kappa shape index (κ2) is 9.25. The number of likely N-dealkylation sites (tertiary alicyclic amines) is 1. The van der Waals surface area contributed by atoms with Gasteiger partial charge in [0.25, 0.3) is 0 Å². The Morgan fingerprint density at radius 1 is 1.15 bits per heavy atom. The van der Waals surface area contributed by atoms with E-state index in [2.05, 4.69) is 6.92 Å². The first-order valence-electron chi connectivity index (χ1n) is 10.3. The van der Waals surface area contributed by atoms with Crippen LogP contribution in [0.5, 0.6) is 5.75 Å². The Morgan fingerprint density at radius 2 is 1.78 bits per heavy atom. The normalized spacial score (nSPS) is 22.9. The fraction of sp³-hybridized carbons (Fsp3) is 0.636. The van der Waals surface area contributed by atoms with Gasteiger partial charge in [0.2, 0.25) is 5.91 Å². The molecule has 27 heavy (non-hydrogen) atoms. The highest BCUT2D eigenvalue weighted by Crippen LogP contribution is 2.36. The van der Waals surface area contributed by atoms with Crippen LogP contribution in [0.1, 0.15) is 51.0 Å². The molecule has 1 aromatic rings. The van der Waals surface area contributed by atoms with E-state index >= 15 is 0 Å². The molecule has 1 amide bonds. The number of aliphatic carboxylic acids is 1. The Balaban J connectivity index is 1.55. The predicted molar refractivity (Wildman–Crippen MR) is 104 cm³/mol. The van der Waals surface area contributed by atoms with Gasteiger partial charge >= 0.3 is 5.97 Å². The smallest absolute Gasteiger partial charge is 0.307 e. The molecule has 1 saturated carbocycles. The molecule has 5 nitrogen and oxygen atoms in total. The highest BCUT2D eigenvalue weighted by atomic mass is 16.5. The van der Waals surface area contributed by atoms with Crippen molar-refractivity contribution < 1.29 is 19.4 Å². The van der Waals surface area contributed by atoms with Gasteiger partial charge in [0.05, 0.1) is 12.5 Å². The number of amides is 1. The van der Waals surface area contributed by atoms with Gasteiger partial charge in [-0.2, -0.15) is 0 Å². The maximum absolute atomic E-state index is 12.7. The summed E-state index contributed by atoms with van der Waals surface area (Å²) in [6, 6.07) is 7.54. The van der Waals surface area contributed by atoms with Crippen molar-refractivity contribution in [2.75, 3.05) is 19.7 Å². The minimum atomic E-state index is -0.897. The third-order valence-corrected chi connectivity index (χ3v) is 5.98. The average Bonchev–Trinajstić information content (AvgIpc) is 3.11. The van der Waals surface area contributed by atoms with Crippen LogP contribution in [0.3, 0.4) is 0 Å². The second-order valence-electron chi connectivity index (χ2n) is 8.04. The SMILES string of the molecule is CCCOc1ccc(CC(CC(=O)N2C[C@H]3CCCC[C@H]3C2)C(=O)O)cc1. The number of carbonyl (C=O) groups excluding carboxylic acids is 1. The summed E-state index contributed by atoms with van der Waals surface area (Å²) in [5.41, 5.74) is 0.925. The second-order valence-corrected chi connectivity index (χ2v) is 8.04. The van der Waals surface area contributed by atoms with Crippen LogP contribution >= 0.6 is 0 Å². The summed E-state index contributed by atoms with van der Waals surface area (Å²) in [5.74, 6) is 0.472. The number of nitrogens with zero attached hydrogens (tertiary/aromatic N) is 1. The monoisotopic (exact) mass is 373 g/mol. The molecule has 3 rings (SSSR count). The third kappa shape index (κ3) is 5.24. The van der Waals surface area contributed by atoms with Crippen LogP contribution in [0.25, 0.3) is 0 Å². The predicted octanol–water partition coefficient (Wildman–Crippen LogP) is 3.76. The summed E-state index contributed by atoms with van der Waals surface area (Å²) in [4.78, 5) is 26.3. The first-order valence-corrected chi connectivity index (χ1v) is 10.3. The van der Waals surface area contributed by atoms with Crippen molar-refractivity contribution in [2.24, 2.45) is 17.8 Å². The lowest BCUT2D eigenvalue weighted by Gasteiger charge is -2.22. The van der Waals surface area contributed by atoms with Crippen molar-refractivity contribution in [2.45, 2.75) is 51.9 Å². The molecule has 1 aliphatic carbocycles. The lowest BCUT2D eigenvalue weighted by Crippen LogP contribution is -2.33. The van der Waals surface area contributed by atoms with Gasteiger partial charge in [-0.25, -0.2) is 0 Å². The molecule has 0 spiro atoms. The summed E-state index contributed by atoms with van der Waals surface area (Å²) in [7, 11) is 0. The van der Waals surface area contributed by atoms with E-state index in [1.54, 1.807) is 0 Å². The minimum absolute atomic E-state index is 0.000278. The summed E-state index contributed by atoms with van der Waals surface area (Å²) in [6.45, 7) is 4.36. The van der Waals surface area contributed by atoms with Crippen LogP contribution in [-0.4, -0.2) is 41.6 Å². The number of fused-ring (bicyclic) bond motifs is 1. The molecule has 148 valence electrons. The number of ether oxygens (including phenoxy) is 1. The molecule has 0 aromatic heterocycles. The van der Waals surface area contributed by atoms with Gasteiger partial charge in [-0.05, 0) is 55.2 Å². The summed E-state index contributed by atoms with van der Waals surface area (Å²) < 4.78 is 5.56. The number of carbonyl (C=O) groups is 2. The molecule has 0 bridgehead atoms. The van der Waals surface area contributed by atoms with Crippen molar-refractivity contribution in [3.63, 3.8) is 0 Å². The lowest BCUT2D eigenvalue weighted by atomic mass is 9.82. The van der Waals surface area contributed by atoms with E-state index in [-0.39, 0.29) is 12.3 Å². The van der Waals surface area contributed by atoms with Crippen molar-refractivity contribution in [3.05, 3.63) is 29.8 Å². The molecule has 5 heteroatoms. The highest BCUT2D eigenvalue weighted by molar-refractivity contribution is 5.82. The Hall–Kier alpha value is -2.04. The van der Waals surface area contributed by atoms with Crippen LogP contribution < -0.4 is 4.74 Å². The van der Waals surface area contributed by atoms with Gasteiger partial charge in [0, 0.05) is 19.5 Å². The zero-order valence-electron chi connectivity index (χ0n) is 16.2. The number of hydrogen-bond acceptors (Lipinski definition) is 3.